The first-order chi connectivity index (χ1) is 7.07. The van der Waals surface area contributed by atoms with E-state index in [9.17, 15) is 9.90 Å². The largest absolute Gasteiger partial charge is 0.506 e. The van der Waals surface area contributed by atoms with Crippen LogP contribution in [0.15, 0.2) is 24.3 Å². The molecule has 1 atom stereocenters. The number of benzene rings is 1. The number of carboxylic acid groups (broad SMARTS) is 1. The van der Waals surface area contributed by atoms with Crippen molar-refractivity contribution < 1.29 is 15.0 Å². The molecule has 0 bridgehead atoms. The summed E-state index contributed by atoms with van der Waals surface area (Å²) in [5.74, 6) is -0.799. The van der Waals surface area contributed by atoms with Gasteiger partial charge in [-0.3, -0.25) is 0 Å². The zero-order chi connectivity index (χ0) is 11.4. The molecule has 0 aliphatic carbocycles. The SMILES string of the molecule is CCN(c1ccccc1O)C(C)C(=O)O. The lowest BCUT2D eigenvalue weighted by atomic mass is 10.2. The highest BCUT2D eigenvalue weighted by Gasteiger charge is 2.21. The molecule has 15 heavy (non-hydrogen) atoms. The van der Waals surface area contributed by atoms with Gasteiger partial charge in [-0.15, -0.1) is 0 Å². The number of nitrogens with zero attached hydrogens (tertiary/aromatic N) is 1. The Labute approximate surface area is 88.8 Å². The van der Waals surface area contributed by atoms with Crippen LogP contribution in [0.25, 0.3) is 0 Å². The van der Waals surface area contributed by atoms with Crippen molar-refractivity contribution in [3.05, 3.63) is 24.3 Å². The maximum atomic E-state index is 10.9. The minimum absolute atomic E-state index is 0.104. The van der Waals surface area contributed by atoms with Crippen LogP contribution in [-0.2, 0) is 4.79 Å². The van der Waals surface area contributed by atoms with Gasteiger partial charge in [-0.25, -0.2) is 4.79 Å². The summed E-state index contributed by atoms with van der Waals surface area (Å²) in [6.07, 6.45) is 0. The summed E-state index contributed by atoms with van der Waals surface area (Å²) in [7, 11) is 0. The number of phenols is 1. The summed E-state index contributed by atoms with van der Waals surface area (Å²) < 4.78 is 0. The van der Waals surface area contributed by atoms with E-state index in [1.54, 1.807) is 36.1 Å². The molecule has 0 radical (unpaired) electrons. The van der Waals surface area contributed by atoms with E-state index >= 15 is 0 Å². The third-order valence-corrected chi connectivity index (χ3v) is 2.36. The molecule has 1 aromatic rings. The summed E-state index contributed by atoms with van der Waals surface area (Å²) in [6.45, 7) is 3.98. The fourth-order valence-corrected chi connectivity index (χ4v) is 1.49. The Morgan fingerprint density at radius 2 is 2.07 bits per heavy atom. The van der Waals surface area contributed by atoms with Crippen LogP contribution < -0.4 is 4.90 Å². The van der Waals surface area contributed by atoms with Crippen molar-refractivity contribution in [2.75, 3.05) is 11.4 Å². The number of aromatic hydroxyl groups is 1. The molecule has 0 heterocycles. The van der Waals surface area contributed by atoms with Gasteiger partial charge in [0, 0.05) is 6.54 Å². The Morgan fingerprint density at radius 1 is 1.47 bits per heavy atom. The number of para-hydroxylation sites is 2. The lowest BCUT2D eigenvalue weighted by Crippen LogP contribution is -2.38. The molecule has 0 fully saturated rings. The molecule has 1 unspecified atom stereocenters. The average molecular weight is 209 g/mol. The molecule has 82 valence electrons. The highest BCUT2D eigenvalue weighted by Crippen LogP contribution is 2.27. The molecule has 0 spiro atoms. The van der Waals surface area contributed by atoms with Crippen LogP contribution in [-0.4, -0.2) is 28.8 Å². The zero-order valence-electron chi connectivity index (χ0n) is 8.84. The van der Waals surface area contributed by atoms with Gasteiger partial charge < -0.3 is 15.1 Å². The number of likely N-dealkylation sites (N-methyl/N-ethyl adjacent to an activating group) is 1. The molecule has 1 aromatic carbocycles. The van der Waals surface area contributed by atoms with E-state index in [2.05, 4.69) is 0 Å². The van der Waals surface area contributed by atoms with E-state index in [0.29, 0.717) is 12.2 Å². The molecule has 1 rings (SSSR count). The summed E-state index contributed by atoms with van der Waals surface area (Å²) in [6, 6.07) is 6.08. The van der Waals surface area contributed by atoms with Crippen molar-refractivity contribution >= 4 is 11.7 Å². The second kappa shape index (κ2) is 4.68. The summed E-state index contributed by atoms with van der Waals surface area (Å²) in [4.78, 5) is 12.5. The van der Waals surface area contributed by atoms with E-state index in [-0.39, 0.29) is 5.75 Å². The van der Waals surface area contributed by atoms with Crippen LogP contribution in [0.3, 0.4) is 0 Å². The fraction of sp³-hybridized carbons (Fsp3) is 0.364. The maximum absolute atomic E-state index is 10.9. The molecular weight excluding hydrogens is 194 g/mol. The van der Waals surface area contributed by atoms with Gasteiger partial charge in [0.2, 0.25) is 0 Å². The van der Waals surface area contributed by atoms with Crippen molar-refractivity contribution in [1.29, 1.82) is 0 Å². The molecule has 0 saturated carbocycles. The molecule has 0 aliphatic rings. The number of carbonyl (C=O) groups is 1. The summed E-state index contributed by atoms with van der Waals surface area (Å²) in [5.41, 5.74) is 0.551. The normalized spacial score (nSPS) is 12.1. The van der Waals surface area contributed by atoms with Crippen molar-refractivity contribution in [3.8, 4) is 5.75 Å². The van der Waals surface area contributed by atoms with E-state index in [1.807, 2.05) is 6.92 Å². The number of aliphatic carboxylic acids is 1. The number of carboxylic acids is 1. The van der Waals surface area contributed by atoms with Crippen molar-refractivity contribution in [2.45, 2.75) is 19.9 Å². The van der Waals surface area contributed by atoms with Gasteiger partial charge in [0.25, 0.3) is 0 Å². The van der Waals surface area contributed by atoms with Crippen LogP contribution >= 0.6 is 0 Å². The number of hydrogen-bond acceptors (Lipinski definition) is 3. The maximum Gasteiger partial charge on any atom is 0.326 e. The van der Waals surface area contributed by atoms with Crippen LogP contribution in [0.4, 0.5) is 5.69 Å². The van der Waals surface area contributed by atoms with Crippen molar-refractivity contribution in [1.82, 2.24) is 0 Å². The smallest absolute Gasteiger partial charge is 0.326 e. The molecule has 2 N–H and O–H groups in total. The van der Waals surface area contributed by atoms with Crippen molar-refractivity contribution in [2.24, 2.45) is 0 Å². The number of rotatable bonds is 4. The lowest BCUT2D eigenvalue weighted by molar-refractivity contribution is -0.138. The van der Waals surface area contributed by atoms with Gasteiger partial charge in [0.1, 0.15) is 11.8 Å². The Balaban J connectivity index is 3.02. The van der Waals surface area contributed by atoms with Crippen molar-refractivity contribution in [3.63, 3.8) is 0 Å². The molecule has 0 aliphatic heterocycles. The second-order valence-electron chi connectivity index (χ2n) is 3.29. The summed E-state index contributed by atoms with van der Waals surface area (Å²) in [5, 5.41) is 18.5. The first-order valence-electron chi connectivity index (χ1n) is 4.85. The molecule has 4 nitrogen and oxygen atoms in total. The van der Waals surface area contributed by atoms with Gasteiger partial charge in [-0.2, -0.15) is 0 Å². The number of hydrogen-bond donors (Lipinski definition) is 2. The fourth-order valence-electron chi connectivity index (χ4n) is 1.49. The molecule has 4 heteroatoms. The molecule has 0 saturated heterocycles. The highest BCUT2D eigenvalue weighted by molar-refractivity contribution is 5.78. The van der Waals surface area contributed by atoms with E-state index < -0.39 is 12.0 Å². The molecular formula is C11H15NO3. The Morgan fingerprint density at radius 3 is 2.53 bits per heavy atom. The second-order valence-corrected chi connectivity index (χ2v) is 3.29. The van der Waals surface area contributed by atoms with Crippen LogP contribution in [0.5, 0.6) is 5.75 Å². The van der Waals surface area contributed by atoms with Gasteiger partial charge in [0.15, 0.2) is 0 Å². The predicted molar refractivity (Wildman–Crippen MR) is 58.2 cm³/mol. The minimum Gasteiger partial charge on any atom is -0.506 e. The average Bonchev–Trinajstić information content (AvgIpc) is 2.21. The molecule has 0 amide bonds. The first kappa shape index (κ1) is 11.4. The summed E-state index contributed by atoms with van der Waals surface area (Å²) >= 11 is 0. The predicted octanol–water partition coefficient (Wildman–Crippen LogP) is 1.69. The van der Waals surface area contributed by atoms with Gasteiger partial charge >= 0.3 is 5.97 Å². The quantitative estimate of drug-likeness (QED) is 0.792. The van der Waals surface area contributed by atoms with Gasteiger partial charge in [-0.05, 0) is 26.0 Å². The van der Waals surface area contributed by atoms with Crippen LogP contribution in [0.1, 0.15) is 13.8 Å². The first-order valence-corrected chi connectivity index (χ1v) is 4.85. The standard InChI is InChI=1S/C11H15NO3/c1-3-12(8(2)11(14)15)9-6-4-5-7-10(9)13/h4-8,13H,3H2,1-2H3,(H,14,15). The Bertz CT molecular complexity index is 351. The highest BCUT2D eigenvalue weighted by atomic mass is 16.4. The number of phenolic OH excluding ortho intramolecular Hbond substituents is 1. The monoisotopic (exact) mass is 209 g/mol. The van der Waals surface area contributed by atoms with E-state index in [1.165, 1.54) is 0 Å². The third kappa shape index (κ3) is 2.40. The number of anilines is 1. The van der Waals surface area contributed by atoms with E-state index in [0.717, 1.165) is 0 Å². The van der Waals surface area contributed by atoms with Crippen LogP contribution in [0.2, 0.25) is 0 Å². The Hall–Kier alpha value is -1.71. The third-order valence-electron chi connectivity index (χ3n) is 2.36. The van der Waals surface area contributed by atoms with Gasteiger partial charge in [0.05, 0.1) is 5.69 Å². The molecule has 0 aromatic heterocycles. The van der Waals surface area contributed by atoms with Gasteiger partial charge in [-0.1, -0.05) is 12.1 Å². The minimum atomic E-state index is -0.903. The lowest BCUT2D eigenvalue weighted by Gasteiger charge is -2.27. The topological polar surface area (TPSA) is 60.8 Å². The van der Waals surface area contributed by atoms with Crippen LogP contribution in [0, 0.1) is 0 Å². The van der Waals surface area contributed by atoms with E-state index in [4.69, 9.17) is 5.11 Å². The Kier molecular flexibility index (Phi) is 3.55. The zero-order valence-corrected chi connectivity index (χ0v) is 8.84.